The number of ether oxygens (including phenoxy) is 1. The van der Waals surface area contributed by atoms with Gasteiger partial charge in [0.15, 0.2) is 6.10 Å². The Hall–Kier alpha value is -2.91. The molecular formula is C26H33N3O5S. The minimum absolute atomic E-state index is 0.118. The van der Waals surface area contributed by atoms with Gasteiger partial charge in [-0.2, -0.15) is 4.31 Å². The van der Waals surface area contributed by atoms with Gasteiger partial charge in [0.05, 0.1) is 16.5 Å². The number of hydrogen-bond acceptors (Lipinski definition) is 5. The molecular weight excluding hydrogens is 466 g/mol. The van der Waals surface area contributed by atoms with Crippen LogP contribution in [0.15, 0.2) is 35.2 Å². The Labute approximate surface area is 207 Å². The fraction of sp³-hybridized carbons (Fsp3) is 0.462. The molecule has 9 heteroatoms. The van der Waals surface area contributed by atoms with E-state index in [0.717, 1.165) is 23.2 Å². The molecule has 2 aromatic rings. The van der Waals surface area contributed by atoms with E-state index >= 15 is 0 Å². The number of hydrogen-bond donors (Lipinski definition) is 2. The summed E-state index contributed by atoms with van der Waals surface area (Å²) in [5.74, 6) is -0.493. The molecule has 0 radical (unpaired) electrons. The van der Waals surface area contributed by atoms with Crippen LogP contribution in [0.1, 0.15) is 49.8 Å². The summed E-state index contributed by atoms with van der Waals surface area (Å²) in [6, 6.07) is 9.04. The number of aryl methyl sites for hydroxylation is 3. The number of anilines is 2. The number of benzene rings is 2. The maximum absolute atomic E-state index is 13.6. The molecule has 35 heavy (non-hydrogen) atoms. The minimum Gasteiger partial charge on any atom is -0.478 e. The van der Waals surface area contributed by atoms with Gasteiger partial charge in [0, 0.05) is 24.8 Å². The van der Waals surface area contributed by atoms with E-state index in [1.807, 2.05) is 39.0 Å². The smallest absolute Gasteiger partial charge is 0.265 e. The molecule has 0 aliphatic carbocycles. The van der Waals surface area contributed by atoms with Gasteiger partial charge in [-0.05, 0) is 62.3 Å². The summed E-state index contributed by atoms with van der Waals surface area (Å²) in [6.45, 7) is 8.00. The third-order valence-corrected chi connectivity index (χ3v) is 8.84. The van der Waals surface area contributed by atoms with Crippen molar-refractivity contribution in [1.29, 1.82) is 0 Å². The lowest BCUT2D eigenvalue weighted by atomic mass is 9.98. The zero-order chi connectivity index (χ0) is 25.3. The highest BCUT2D eigenvalue weighted by molar-refractivity contribution is 7.89. The number of fused-ring (bicyclic) bond motifs is 1. The highest BCUT2D eigenvalue weighted by Crippen LogP contribution is 2.37. The minimum atomic E-state index is -3.86. The molecule has 188 valence electrons. The molecule has 0 spiro atoms. The number of carbonyl (C=O) groups excluding carboxylic acids is 2. The van der Waals surface area contributed by atoms with Crippen LogP contribution in [0.2, 0.25) is 0 Å². The van der Waals surface area contributed by atoms with Crippen molar-refractivity contribution < 1.29 is 22.7 Å². The van der Waals surface area contributed by atoms with E-state index in [2.05, 4.69) is 10.6 Å². The molecule has 2 atom stereocenters. The zero-order valence-corrected chi connectivity index (χ0v) is 21.5. The highest BCUT2D eigenvalue weighted by atomic mass is 32.2. The second-order valence-electron chi connectivity index (χ2n) is 9.27. The van der Waals surface area contributed by atoms with Gasteiger partial charge in [-0.15, -0.1) is 0 Å². The number of sulfonamides is 1. The Morgan fingerprint density at radius 1 is 1.20 bits per heavy atom. The van der Waals surface area contributed by atoms with E-state index in [1.54, 1.807) is 13.0 Å². The molecule has 2 N–H and O–H groups in total. The van der Waals surface area contributed by atoms with Crippen molar-refractivity contribution in [2.45, 2.75) is 64.4 Å². The van der Waals surface area contributed by atoms with Crippen LogP contribution >= 0.6 is 0 Å². The molecule has 2 aliphatic rings. The first-order chi connectivity index (χ1) is 16.6. The Morgan fingerprint density at radius 2 is 1.97 bits per heavy atom. The van der Waals surface area contributed by atoms with E-state index in [0.29, 0.717) is 42.8 Å². The third-order valence-electron chi connectivity index (χ3n) is 6.83. The molecule has 0 unspecified atom stereocenters. The van der Waals surface area contributed by atoms with Crippen molar-refractivity contribution >= 4 is 33.2 Å². The van der Waals surface area contributed by atoms with Crippen molar-refractivity contribution in [3.8, 4) is 5.75 Å². The Kier molecular flexibility index (Phi) is 7.19. The van der Waals surface area contributed by atoms with Crippen molar-refractivity contribution in [2.24, 2.45) is 5.92 Å². The van der Waals surface area contributed by atoms with Gasteiger partial charge in [0.1, 0.15) is 5.75 Å². The summed E-state index contributed by atoms with van der Waals surface area (Å²) in [5, 5.41) is 5.85. The topological polar surface area (TPSA) is 105 Å². The van der Waals surface area contributed by atoms with Gasteiger partial charge in [0.2, 0.25) is 15.9 Å². The van der Waals surface area contributed by atoms with Crippen LogP contribution in [0.4, 0.5) is 11.4 Å². The van der Waals surface area contributed by atoms with Gasteiger partial charge >= 0.3 is 0 Å². The van der Waals surface area contributed by atoms with Crippen LogP contribution in [0.5, 0.6) is 5.75 Å². The monoisotopic (exact) mass is 499 g/mol. The average Bonchev–Trinajstić information content (AvgIpc) is 2.84. The second kappa shape index (κ2) is 9.99. The summed E-state index contributed by atoms with van der Waals surface area (Å²) in [4.78, 5) is 25.4. The zero-order valence-electron chi connectivity index (χ0n) is 20.7. The number of amides is 2. The molecule has 2 aromatic carbocycles. The van der Waals surface area contributed by atoms with E-state index in [9.17, 15) is 18.0 Å². The molecule has 0 saturated carbocycles. The Morgan fingerprint density at radius 3 is 2.69 bits per heavy atom. The third kappa shape index (κ3) is 4.92. The molecule has 0 bridgehead atoms. The fourth-order valence-electron chi connectivity index (χ4n) is 4.77. The molecule has 0 aromatic heterocycles. The molecule has 4 rings (SSSR count). The van der Waals surface area contributed by atoms with E-state index in [4.69, 9.17) is 4.74 Å². The van der Waals surface area contributed by atoms with Gasteiger partial charge in [-0.25, -0.2) is 8.42 Å². The van der Waals surface area contributed by atoms with Gasteiger partial charge in [-0.3, -0.25) is 9.59 Å². The number of nitrogens with one attached hydrogen (secondary N) is 2. The molecule has 2 aliphatic heterocycles. The standard InChI is InChI=1S/C26H33N3O5S/c1-5-18-10-7-9-16(3)24(18)28-25(30)19-11-8-12-29(15-19)35(32,33)23-14-22-20(13-17(23)4)27-26(31)21(6-2)34-22/h7,9-10,13-14,19,21H,5-6,8,11-12,15H2,1-4H3,(H,27,31)(H,28,30)/t19-,21+/m0/s1. The Bertz CT molecular complexity index is 1260. The lowest BCUT2D eigenvalue weighted by molar-refractivity contribution is -0.123. The van der Waals surface area contributed by atoms with Crippen LogP contribution in [0.25, 0.3) is 0 Å². The quantitative estimate of drug-likeness (QED) is 0.625. The van der Waals surface area contributed by atoms with Gasteiger partial charge < -0.3 is 15.4 Å². The normalized spacial score (nSPS) is 20.5. The maximum atomic E-state index is 13.6. The number of carbonyl (C=O) groups is 2. The maximum Gasteiger partial charge on any atom is 0.265 e. The SMILES string of the molecule is CCc1cccc(C)c1NC(=O)[C@H]1CCCN(S(=O)(=O)c2cc3c(cc2C)NC(=O)[C@@H](CC)O3)C1. The first kappa shape index (κ1) is 25.2. The van der Waals surface area contributed by atoms with Crippen molar-refractivity contribution in [3.05, 3.63) is 47.0 Å². The summed E-state index contributed by atoms with van der Waals surface area (Å²) in [5.41, 5.74) is 3.84. The van der Waals surface area contributed by atoms with Crippen molar-refractivity contribution in [3.63, 3.8) is 0 Å². The first-order valence-corrected chi connectivity index (χ1v) is 13.6. The van der Waals surface area contributed by atoms with E-state index in [1.165, 1.54) is 10.4 Å². The number of rotatable bonds is 6. The second-order valence-corrected chi connectivity index (χ2v) is 11.2. The fourth-order valence-corrected chi connectivity index (χ4v) is 6.52. The number of piperidine rings is 1. The number of para-hydroxylation sites is 1. The lowest BCUT2D eigenvalue weighted by Gasteiger charge is -2.32. The summed E-state index contributed by atoms with van der Waals surface area (Å²) in [7, 11) is -3.86. The van der Waals surface area contributed by atoms with Crippen molar-refractivity contribution in [2.75, 3.05) is 23.7 Å². The summed E-state index contributed by atoms with van der Waals surface area (Å²) >= 11 is 0. The van der Waals surface area contributed by atoms with Gasteiger partial charge in [0.25, 0.3) is 5.91 Å². The summed E-state index contributed by atoms with van der Waals surface area (Å²) in [6.07, 6.45) is 1.84. The largest absolute Gasteiger partial charge is 0.478 e. The summed E-state index contributed by atoms with van der Waals surface area (Å²) < 4.78 is 34.4. The van der Waals surface area contributed by atoms with E-state index in [-0.39, 0.29) is 23.3 Å². The van der Waals surface area contributed by atoms with Gasteiger partial charge in [-0.1, -0.05) is 32.0 Å². The van der Waals surface area contributed by atoms with E-state index < -0.39 is 22.0 Å². The molecule has 2 heterocycles. The predicted octanol–water partition coefficient (Wildman–Crippen LogP) is 4.01. The number of nitrogens with zero attached hydrogens (tertiary/aromatic N) is 1. The van der Waals surface area contributed by atoms with Crippen LogP contribution in [0, 0.1) is 19.8 Å². The molecule has 8 nitrogen and oxygen atoms in total. The van der Waals surface area contributed by atoms with Crippen LogP contribution < -0.4 is 15.4 Å². The highest BCUT2D eigenvalue weighted by Gasteiger charge is 2.36. The Balaban J connectivity index is 1.56. The van der Waals surface area contributed by atoms with Crippen LogP contribution in [-0.4, -0.2) is 43.7 Å². The average molecular weight is 500 g/mol. The van der Waals surface area contributed by atoms with Crippen LogP contribution in [0.3, 0.4) is 0 Å². The lowest BCUT2D eigenvalue weighted by Crippen LogP contribution is -2.44. The van der Waals surface area contributed by atoms with Crippen LogP contribution in [-0.2, 0) is 26.0 Å². The van der Waals surface area contributed by atoms with Crippen molar-refractivity contribution in [1.82, 2.24) is 4.31 Å². The predicted molar refractivity (Wildman–Crippen MR) is 135 cm³/mol. The molecule has 1 fully saturated rings. The molecule has 1 saturated heterocycles. The first-order valence-electron chi connectivity index (χ1n) is 12.2. The molecule has 2 amide bonds.